The van der Waals surface area contributed by atoms with E-state index in [0.717, 1.165) is 11.3 Å². The number of carbonyl (C=O) groups is 1. The molecule has 0 aliphatic heterocycles. The van der Waals surface area contributed by atoms with Gasteiger partial charge in [-0.3, -0.25) is 4.79 Å². The van der Waals surface area contributed by atoms with Crippen molar-refractivity contribution in [2.45, 2.75) is 27.3 Å². The standard InChI is InChI=1S/C15H15N5O3/c1-8-14(9(2)22-19-8)11-5-4-6-12(18-11)15(21)16-7-13-17-10(3)23-20-13/h4-6H,7H2,1-3H3,(H,16,21). The summed E-state index contributed by atoms with van der Waals surface area (Å²) in [5.41, 5.74) is 2.47. The summed E-state index contributed by atoms with van der Waals surface area (Å²) in [4.78, 5) is 20.6. The second-order valence-corrected chi connectivity index (χ2v) is 5.02. The Morgan fingerprint density at radius 3 is 2.61 bits per heavy atom. The van der Waals surface area contributed by atoms with Crippen LogP contribution in [0.5, 0.6) is 0 Å². The molecule has 0 saturated carbocycles. The summed E-state index contributed by atoms with van der Waals surface area (Å²) in [7, 11) is 0. The Kier molecular flexibility index (Phi) is 3.88. The van der Waals surface area contributed by atoms with Crippen LogP contribution in [0.4, 0.5) is 0 Å². The lowest BCUT2D eigenvalue weighted by molar-refractivity contribution is 0.0944. The number of nitrogens with zero attached hydrogens (tertiary/aromatic N) is 4. The van der Waals surface area contributed by atoms with Crippen LogP contribution in [-0.4, -0.2) is 26.2 Å². The highest BCUT2D eigenvalue weighted by Crippen LogP contribution is 2.24. The Hall–Kier alpha value is -3.03. The zero-order chi connectivity index (χ0) is 16.4. The van der Waals surface area contributed by atoms with Crippen molar-refractivity contribution in [1.82, 2.24) is 25.6 Å². The van der Waals surface area contributed by atoms with Gasteiger partial charge in [0.25, 0.3) is 5.91 Å². The van der Waals surface area contributed by atoms with Gasteiger partial charge in [-0.05, 0) is 26.0 Å². The predicted octanol–water partition coefficient (Wildman–Crippen LogP) is 1.97. The summed E-state index contributed by atoms with van der Waals surface area (Å²) in [6.07, 6.45) is 0. The number of hydrogen-bond donors (Lipinski definition) is 1. The molecule has 1 N–H and O–H groups in total. The van der Waals surface area contributed by atoms with Crippen molar-refractivity contribution in [3.8, 4) is 11.3 Å². The number of rotatable bonds is 4. The van der Waals surface area contributed by atoms with Crippen molar-refractivity contribution in [1.29, 1.82) is 0 Å². The van der Waals surface area contributed by atoms with E-state index in [9.17, 15) is 4.79 Å². The number of amides is 1. The molecule has 0 unspecified atom stereocenters. The first-order chi connectivity index (χ1) is 11.0. The number of hydrogen-bond acceptors (Lipinski definition) is 7. The monoisotopic (exact) mass is 313 g/mol. The van der Waals surface area contributed by atoms with E-state index in [4.69, 9.17) is 9.05 Å². The van der Waals surface area contributed by atoms with Crippen molar-refractivity contribution in [2.75, 3.05) is 0 Å². The largest absolute Gasteiger partial charge is 0.361 e. The number of aryl methyl sites for hydroxylation is 3. The molecule has 0 atom stereocenters. The molecule has 8 heteroatoms. The average Bonchev–Trinajstić information content (AvgIpc) is 3.10. The lowest BCUT2D eigenvalue weighted by Gasteiger charge is -2.04. The van der Waals surface area contributed by atoms with Crippen LogP contribution in [0.3, 0.4) is 0 Å². The zero-order valence-corrected chi connectivity index (χ0v) is 13.0. The fourth-order valence-electron chi connectivity index (χ4n) is 2.21. The second-order valence-electron chi connectivity index (χ2n) is 5.02. The van der Waals surface area contributed by atoms with Crippen LogP contribution in [0.1, 0.15) is 33.7 Å². The van der Waals surface area contributed by atoms with Crippen molar-refractivity contribution in [3.05, 3.63) is 47.1 Å². The van der Waals surface area contributed by atoms with Crippen molar-refractivity contribution in [2.24, 2.45) is 0 Å². The molecule has 0 fully saturated rings. The summed E-state index contributed by atoms with van der Waals surface area (Å²) in [5, 5.41) is 10.3. The van der Waals surface area contributed by atoms with Gasteiger partial charge >= 0.3 is 0 Å². The maximum absolute atomic E-state index is 12.2. The van der Waals surface area contributed by atoms with Gasteiger partial charge in [-0.15, -0.1) is 0 Å². The van der Waals surface area contributed by atoms with Gasteiger partial charge < -0.3 is 14.4 Å². The Bertz CT molecular complexity index is 833. The number of pyridine rings is 1. The minimum Gasteiger partial charge on any atom is -0.361 e. The zero-order valence-electron chi connectivity index (χ0n) is 13.0. The molecule has 3 rings (SSSR count). The Morgan fingerprint density at radius 2 is 1.96 bits per heavy atom. The molecule has 8 nitrogen and oxygen atoms in total. The van der Waals surface area contributed by atoms with E-state index in [2.05, 4.69) is 25.6 Å². The van der Waals surface area contributed by atoms with Gasteiger partial charge in [-0.25, -0.2) is 4.98 Å². The van der Waals surface area contributed by atoms with E-state index in [1.165, 1.54) is 0 Å². The normalized spacial score (nSPS) is 10.7. The van der Waals surface area contributed by atoms with E-state index in [1.807, 2.05) is 19.9 Å². The molecule has 3 heterocycles. The lowest BCUT2D eigenvalue weighted by Crippen LogP contribution is -2.24. The van der Waals surface area contributed by atoms with Crippen LogP contribution in [-0.2, 0) is 6.54 Å². The summed E-state index contributed by atoms with van der Waals surface area (Å²) < 4.78 is 9.99. The molecule has 1 amide bonds. The molecule has 0 aromatic carbocycles. The Labute approximate surface area is 131 Å². The van der Waals surface area contributed by atoms with Crippen molar-refractivity contribution < 1.29 is 13.8 Å². The molecule has 118 valence electrons. The summed E-state index contributed by atoms with van der Waals surface area (Å²) in [6.45, 7) is 5.50. The average molecular weight is 313 g/mol. The van der Waals surface area contributed by atoms with Crippen molar-refractivity contribution in [3.63, 3.8) is 0 Å². The molecule has 3 aromatic heterocycles. The van der Waals surface area contributed by atoms with E-state index >= 15 is 0 Å². The van der Waals surface area contributed by atoms with E-state index in [-0.39, 0.29) is 12.5 Å². The molecule has 0 saturated heterocycles. The van der Waals surface area contributed by atoms with Crippen LogP contribution in [0, 0.1) is 20.8 Å². The molecule has 0 bridgehead atoms. The van der Waals surface area contributed by atoms with Crippen LogP contribution >= 0.6 is 0 Å². The number of nitrogens with one attached hydrogen (secondary N) is 1. The van der Waals surface area contributed by atoms with Gasteiger partial charge in [-0.1, -0.05) is 16.4 Å². The van der Waals surface area contributed by atoms with Gasteiger partial charge in [-0.2, -0.15) is 4.98 Å². The third-order valence-corrected chi connectivity index (χ3v) is 3.25. The van der Waals surface area contributed by atoms with Crippen LogP contribution in [0.2, 0.25) is 0 Å². The first kappa shape index (κ1) is 14.9. The molecule has 0 spiro atoms. The highest BCUT2D eigenvalue weighted by atomic mass is 16.5. The fraction of sp³-hybridized carbons (Fsp3) is 0.267. The van der Waals surface area contributed by atoms with Gasteiger partial charge in [0.05, 0.1) is 23.5 Å². The van der Waals surface area contributed by atoms with Gasteiger partial charge in [0.2, 0.25) is 5.89 Å². The van der Waals surface area contributed by atoms with Gasteiger partial charge in [0.1, 0.15) is 11.5 Å². The molecular weight excluding hydrogens is 298 g/mol. The minimum absolute atomic E-state index is 0.174. The predicted molar refractivity (Wildman–Crippen MR) is 79.4 cm³/mol. The highest BCUT2D eigenvalue weighted by molar-refractivity contribution is 5.92. The maximum atomic E-state index is 12.2. The number of aromatic nitrogens is 4. The molecular formula is C15H15N5O3. The fourth-order valence-corrected chi connectivity index (χ4v) is 2.21. The first-order valence-corrected chi connectivity index (χ1v) is 7.02. The lowest BCUT2D eigenvalue weighted by atomic mass is 10.1. The Morgan fingerprint density at radius 1 is 1.13 bits per heavy atom. The van der Waals surface area contributed by atoms with Crippen molar-refractivity contribution >= 4 is 5.91 Å². The summed E-state index contributed by atoms with van der Waals surface area (Å²) in [5.74, 6) is 1.21. The highest BCUT2D eigenvalue weighted by Gasteiger charge is 2.15. The Balaban J connectivity index is 1.78. The van der Waals surface area contributed by atoms with Crippen LogP contribution < -0.4 is 5.32 Å². The smallest absolute Gasteiger partial charge is 0.270 e. The summed E-state index contributed by atoms with van der Waals surface area (Å²) in [6, 6.07) is 5.21. The van der Waals surface area contributed by atoms with E-state index in [0.29, 0.717) is 28.9 Å². The van der Waals surface area contributed by atoms with Crippen LogP contribution in [0.15, 0.2) is 27.2 Å². The number of carbonyl (C=O) groups excluding carboxylic acids is 1. The van der Waals surface area contributed by atoms with Gasteiger partial charge in [0, 0.05) is 6.92 Å². The van der Waals surface area contributed by atoms with Gasteiger partial charge in [0.15, 0.2) is 5.82 Å². The molecule has 0 aliphatic rings. The third kappa shape index (κ3) is 3.10. The third-order valence-electron chi connectivity index (χ3n) is 3.25. The van der Waals surface area contributed by atoms with Crippen LogP contribution in [0.25, 0.3) is 11.3 Å². The molecule has 0 radical (unpaired) electrons. The minimum atomic E-state index is -0.318. The summed E-state index contributed by atoms with van der Waals surface area (Å²) >= 11 is 0. The quantitative estimate of drug-likeness (QED) is 0.784. The van der Waals surface area contributed by atoms with E-state index in [1.54, 1.807) is 19.1 Å². The maximum Gasteiger partial charge on any atom is 0.270 e. The molecule has 3 aromatic rings. The van der Waals surface area contributed by atoms with E-state index < -0.39 is 0 Å². The SMILES string of the molecule is Cc1nc(CNC(=O)c2cccc(-c3c(C)noc3C)n2)no1. The first-order valence-electron chi connectivity index (χ1n) is 7.02. The topological polar surface area (TPSA) is 107 Å². The molecule has 0 aliphatic carbocycles. The second kappa shape index (κ2) is 5.99. The molecule has 23 heavy (non-hydrogen) atoms.